The SMILES string of the molecule is COc1cccc(CC(=O)O)c1OCc1cc(-c2ccnc(CN[S@@+]([O-])C(C)(C)C)c2)c2occc2c1. The van der Waals surface area contributed by atoms with Crippen molar-refractivity contribution in [3.05, 3.63) is 77.8 Å². The molecule has 2 aromatic carbocycles. The highest BCUT2D eigenvalue weighted by Gasteiger charge is 2.26. The smallest absolute Gasteiger partial charge is 0.307 e. The highest BCUT2D eigenvalue weighted by molar-refractivity contribution is 7.90. The van der Waals surface area contributed by atoms with Crippen molar-refractivity contribution in [1.82, 2.24) is 9.71 Å². The molecule has 0 saturated carbocycles. The standard InChI is InChI=1S/C28H30N2O6S/c1-28(2,3)37(33)30-16-22-14-19(8-10-29-22)23-13-18(12-21-9-11-35-26(21)23)17-36-27-20(15-25(31)32)6-5-7-24(27)34-4/h5-14,30H,15-17H2,1-4H3,(H,31,32)/t37-/m0/s1. The second-order valence-corrected chi connectivity index (χ2v) is 11.6. The second kappa shape index (κ2) is 11.2. The average molecular weight is 523 g/mol. The van der Waals surface area contributed by atoms with E-state index in [4.69, 9.17) is 13.9 Å². The monoisotopic (exact) mass is 522 g/mol. The minimum Gasteiger partial charge on any atom is -0.598 e. The highest BCUT2D eigenvalue weighted by Crippen LogP contribution is 2.35. The fourth-order valence-electron chi connectivity index (χ4n) is 3.88. The van der Waals surface area contributed by atoms with Gasteiger partial charge in [-0.2, -0.15) is 0 Å². The number of carboxylic acids is 1. The number of rotatable bonds is 10. The number of hydrogen-bond donors (Lipinski definition) is 2. The Morgan fingerprint density at radius 3 is 2.73 bits per heavy atom. The number of ether oxygens (including phenoxy) is 2. The Morgan fingerprint density at radius 2 is 2.00 bits per heavy atom. The number of nitrogens with zero attached hydrogens (tertiary/aromatic N) is 1. The van der Waals surface area contributed by atoms with E-state index in [1.807, 2.05) is 51.1 Å². The van der Waals surface area contributed by atoms with E-state index in [1.54, 1.807) is 30.7 Å². The van der Waals surface area contributed by atoms with Gasteiger partial charge in [-0.3, -0.25) is 9.78 Å². The number of fused-ring (bicyclic) bond motifs is 1. The van der Waals surface area contributed by atoms with E-state index >= 15 is 0 Å². The van der Waals surface area contributed by atoms with E-state index < -0.39 is 17.3 Å². The first-order valence-corrected chi connectivity index (χ1v) is 12.9. The molecule has 0 saturated heterocycles. The highest BCUT2D eigenvalue weighted by atomic mass is 32.2. The Labute approximate surface area is 218 Å². The van der Waals surface area contributed by atoms with Gasteiger partial charge in [0.15, 0.2) is 11.5 Å². The number of pyridine rings is 1. The van der Waals surface area contributed by atoms with Gasteiger partial charge >= 0.3 is 5.97 Å². The number of aliphatic carboxylic acids is 1. The van der Waals surface area contributed by atoms with E-state index in [1.165, 1.54) is 7.11 Å². The van der Waals surface area contributed by atoms with E-state index in [0.717, 1.165) is 33.4 Å². The zero-order chi connectivity index (χ0) is 26.6. The lowest BCUT2D eigenvalue weighted by Crippen LogP contribution is -2.39. The molecular weight excluding hydrogens is 492 g/mol. The minimum absolute atomic E-state index is 0.174. The molecular formula is C28H30N2O6S. The largest absolute Gasteiger partial charge is 0.598 e. The molecule has 0 aliphatic heterocycles. The fraction of sp³-hybridized carbons (Fsp3) is 0.286. The molecule has 0 aliphatic rings. The number of nitrogens with one attached hydrogen (secondary N) is 1. The molecule has 2 heterocycles. The quantitative estimate of drug-likeness (QED) is 0.271. The molecule has 9 heteroatoms. The zero-order valence-electron chi connectivity index (χ0n) is 21.2. The molecule has 2 aromatic heterocycles. The Hall–Kier alpha value is -3.53. The maximum atomic E-state index is 12.4. The number of furan rings is 1. The normalized spacial score (nSPS) is 12.5. The van der Waals surface area contributed by atoms with Crippen LogP contribution in [0.5, 0.6) is 11.5 Å². The van der Waals surface area contributed by atoms with Gasteiger partial charge in [0, 0.05) is 34.1 Å². The molecule has 0 radical (unpaired) electrons. The van der Waals surface area contributed by atoms with Crippen LogP contribution < -0.4 is 14.2 Å². The minimum atomic E-state index is -1.21. The van der Waals surface area contributed by atoms with Crippen LogP contribution >= 0.6 is 0 Å². The Bertz CT molecular complexity index is 1400. The molecule has 0 bridgehead atoms. The van der Waals surface area contributed by atoms with Gasteiger partial charge < -0.3 is 23.6 Å². The summed E-state index contributed by atoms with van der Waals surface area (Å²) in [4.78, 5) is 15.8. The molecule has 4 aromatic rings. The van der Waals surface area contributed by atoms with Crippen molar-refractivity contribution < 1.29 is 28.3 Å². The van der Waals surface area contributed by atoms with Crippen molar-refractivity contribution in [2.24, 2.45) is 0 Å². The molecule has 4 rings (SSSR count). The summed E-state index contributed by atoms with van der Waals surface area (Å²) in [5, 5.41) is 10.2. The average Bonchev–Trinajstić information content (AvgIpc) is 3.33. The summed E-state index contributed by atoms with van der Waals surface area (Å²) in [5.41, 5.74) is 4.67. The van der Waals surface area contributed by atoms with E-state index in [9.17, 15) is 14.5 Å². The summed E-state index contributed by atoms with van der Waals surface area (Å²) >= 11 is -1.21. The van der Waals surface area contributed by atoms with E-state index in [0.29, 0.717) is 23.6 Å². The first kappa shape index (κ1) is 26.5. The van der Waals surface area contributed by atoms with Crippen LogP contribution in [0.2, 0.25) is 0 Å². The van der Waals surface area contributed by atoms with Crippen LogP contribution in [-0.4, -0.2) is 32.5 Å². The van der Waals surface area contributed by atoms with Gasteiger partial charge in [-0.15, -0.1) is 4.72 Å². The first-order chi connectivity index (χ1) is 17.7. The molecule has 0 amide bonds. The molecule has 1 atom stereocenters. The van der Waals surface area contributed by atoms with Crippen LogP contribution in [0.15, 0.2) is 65.4 Å². The Kier molecular flexibility index (Phi) is 8.06. The lowest BCUT2D eigenvalue weighted by atomic mass is 10.0. The molecule has 8 nitrogen and oxygen atoms in total. The Morgan fingerprint density at radius 1 is 1.19 bits per heavy atom. The molecule has 194 valence electrons. The lowest BCUT2D eigenvalue weighted by Gasteiger charge is -2.23. The predicted octanol–water partition coefficient (Wildman–Crippen LogP) is 5.26. The number of benzene rings is 2. The van der Waals surface area contributed by atoms with Crippen molar-refractivity contribution in [3.63, 3.8) is 0 Å². The van der Waals surface area contributed by atoms with Crippen LogP contribution in [0.1, 0.15) is 37.6 Å². The third-order valence-corrected chi connectivity index (χ3v) is 7.20. The van der Waals surface area contributed by atoms with E-state index in [-0.39, 0.29) is 17.8 Å². The molecule has 37 heavy (non-hydrogen) atoms. The van der Waals surface area contributed by atoms with Gasteiger partial charge in [0.05, 0.1) is 32.0 Å². The Balaban J connectivity index is 1.62. The van der Waals surface area contributed by atoms with Crippen molar-refractivity contribution in [3.8, 4) is 22.6 Å². The first-order valence-electron chi connectivity index (χ1n) is 11.8. The topological polar surface area (TPSA) is 117 Å². The summed E-state index contributed by atoms with van der Waals surface area (Å²) in [6.07, 6.45) is 3.18. The second-order valence-electron chi connectivity index (χ2n) is 9.53. The van der Waals surface area contributed by atoms with Crippen LogP contribution in [0.25, 0.3) is 22.1 Å². The van der Waals surface area contributed by atoms with E-state index in [2.05, 4.69) is 9.71 Å². The maximum absolute atomic E-state index is 12.4. The number of methoxy groups -OCH3 is 1. The van der Waals surface area contributed by atoms with Crippen molar-refractivity contribution in [2.75, 3.05) is 7.11 Å². The van der Waals surface area contributed by atoms with Gasteiger partial charge in [-0.05, 0) is 68.3 Å². The van der Waals surface area contributed by atoms with Gasteiger partial charge in [-0.25, -0.2) is 0 Å². The third-order valence-electron chi connectivity index (χ3n) is 5.68. The van der Waals surface area contributed by atoms with Gasteiger partial charge in [0.25, 0.3) is 0 Å². The molecule has 0 unspecified atom stereocenters. The van der Waals surface area contributed by atoms with Crippen LogP contribution in [0, 0.1) is 0 Å². The summed E-state index contributed by atoms with van der Waals surface area (Å²) in [5.74, 6) is -0.0674. The zero-order valence-corrected chi connectivity index (χ0v) is 22.1. The number of carbonyl (C=O) groups is 1. The molecule has 0 aliphatic carbocycles. The third kappa shape index (κ3) is 6.43. The maximum Gasteiger partial charge on any atom is 0.307 e. The van der Waals surface area contributed by atoms with Crippen molar-refractivity contribution in [2.45, 2.75) is 45.1 Å². The molecule has 0 fully saturated rings. The number of aromatic nitrogens is 1. The van der Waals surface area contributed by atoms with Gasteiger partial charge in [-0.1, -0.05) is 12.1 Å². The molecule has 2 N–H and O–H groups in total. The van der Waals surface area contributed by atoms with Crippen LogP contribution in [0.3, 0.4) is 0 Å². The van der Waals surface area contributed by atoms with Crippen molar-refractivity contribution >= 4 is 28.3 Å². The summed E-state index contributed by atoms with van der Waals surface area (Å²) in [7, 11) is 1.52. The van der Waals surface area contributed by atoms with Gasteiger partial charge in [0.1, 0.15) is 16.9 Å². The van der Waals surface area contributed by atoms with Crippen LogP contribution in [0.4, 0.5) is 0 Å². The summed E-state index contributed by atoms with van der Waals surface area (Å²) in [6, 6.07) is 14.9. The van der Waals surface area contributed by atoms with Crippen molar-refractivity contribution in [1.29, 1.82) is 0 Å². The predicted molar refractivity (Wildman–Crippen MR) is 143 cm³/mol. The van der Waals surface area contributed by atoms with Crippen LogP contribution in [-0.2, 0) is 35.7 Å². The molecule has 0 spiro atoms. The number of hydrogen-bond acceptors (Lipinski definition) is 7. The fourth-order valence-corrected chi connectivity index (χ4v) is 4.60. The lowest BCUT2D eigenvalue weighted by molar-refractivity contribution is -0.136. The summed E-state index contributed by atoms with van der Waals surface area (Å²) < 4.78 is 32.4. The number of carboxylic acid groups (broad SMARTS) is 1. The van der Waals surface area contributed by atoms with Gasteiger partial charge in [0.2, 0.25) is 0 Å². The summed E-state index contributed by atoms with van der Waals surface area (Å²) in [6.45, 7) is 6.30. The number of para-hydroxylation sites is 1.